The number of ether oxygens (including phenoxy) is 4. The lowest BCUT2D eigenvalue weighted by Crippen LogP contribution is -2.36. The number of nitrogens with zero attached hydrogens (tertiary/aromatic N) is 4. The molecule has 0 atom stereocenters. The van der Waals surface area contributed by atoms with Gasteiger partial charge in [-0.15, -0.1) is 0 Å². The molecule has 0 amide bonds. The Bertz CT molecular complexity index is 480. The zero-order valence-electron chi connectivity index (χ0n) is 15.8. The molecule has 0 saturated carbocycles. The van der Waals surface area contributed by atoms with Crippen molar-refractivity contribution in [2.45, 2.75) is 38.5 Å². The van der Waals surface area contributed by atoms with E-state index < -0.39 is 0 Å². The Balaban J connectivity index is 4.75. The third-order valence-electron chi connectivity index (χ3n) is 3.80. The van der Waals surface area contributed by atoms with Gasteiger partial charge < -0.3 is 18.9 Å². The Hall–Kier alpha value is -2.20. The third kappa shape index (κ3) is 14.6. The molecule has 0 aromatic carbocycles. The molecule has 0 spiro atoms. The first-order valence-corrected chi connectivity index (χ1v) is 9.03. The average Bonchev–Trinajstić information content (AvgIpc) is 2.68. The van der Waals surface area contributed by atoms with E-state index >= 15 is 0 Å². The molecule has 0 aromatic rings. The van der Waals surface area contributed by atoms with E-state index in [-0.39, 0.29) is 5.41 Å². The number of nitriles is 4. The molecule has 0 aliphatic heterocycles. The molecule has 0 fully saturated rings. The molecular weight excluding hydrogens is 348 g/mol. The summed E-state index contributed by atoms with van der Waals surface area (Å²) in [6.07, 6.45) is 2.56. The molecule has 8 nitrogen and oxygen atoms in total. The Morgan fingerprint density at radius 1 is 0.481 bits per heavy atom. The van der Waals surface area contributed by atoms with Crippen molar-refractivity contribution < 1.29 is 18.9 Å². The van der Waals surface area contributed by atoms with Crippen LogP contribution in [-0.4, -0.2) is 52.9 Å². The lowest BCUT2D eigenvalue weighted by atomic mass is 9.83. The number of hydrogen-bond donors (Lipinski definition) is 0. The van der Waals surface area contributed by atoms with Crippen LogP contribution in [0.25, 0.3) is 0 Å². The predicted octanol–water partition coefficient (Wildman–Crippen LogP) is 2.47. The van der Waals surface area contributed by atoms with Crippen molar-refractivity contribution in [2.75, 3.05) is 52.9 Å². The quantitative estimate of drug-likeness (QED) is 0.333. The highest BCUT2D eigenvalue weighted by atomic mass is 16.5. The van der Waals surface area contributed by atoms with Crippen molar-refractivity contribution in [3.63, 3.8) is 0 Å². The van der Waals surface area contributed by atoms with Crippen molar-refractivity contribution in [1.82, 2.24) is 0 Å². The van der Waals surface area contributed by atoms with Crippen LogP contribution in [0.3, 0.4) is 0 Å². The molecule has 148 valence electrons. The van der Waals surface area contributed by atoms with Crippen LogP contribution in [0.5, 0.6) is 0 Å². The van der Waals surface area contributed by atoms with Crippen LogP contribution in [0.4, 0.5) is 0 Å². The van der Waals surface area contributed by atoms with Crippen LogP contribution in [0.1, 0.15) is 38.5 Å². The first kappa shape index (κ1) is 24.8. The summed E-state index contributed by atoms with van der Waals surface area (Å²) in [4.78, 5) is 0. The molecule has 0 saturated heterocycles. The summed E-state index contributed by atoms with van der Waals surface area (Å²) in [5, 5.41) is 34.5. The van der Waals surface area contributed by atoms with Crippen LogP contribution in [0, 0.1) is 50.7 Å². The first-order chi connectivity index (χ1) is 13.2. The van der Waals surface area contributed by atoms with Gasteiger partial charge in [0.25, 0.3) is 0 Å². The van der Waals surface area contributed by atoms with Crippen molar-refractivity contribution in [1.29, 1.82) is 21.0 Å². The molecule has 0 aliphatic carbocycles. The third-order valence-corrected chi connectivity index (χ3v) is 3.80. The van der Waals surface area contributed by atoms with Gasteiger partial charge >= 0.3 is 0 Å². The smallest absolute Gasteiger partial charge is 0.0645 e. The highest BCUT2D eigenvalue weighted by Gasteiger charge is 2.31. The Morgan fingerprint density at radius 2 is 0.815 bits per heavy atom. The molecule has 0 unspecified atom stereocenters. The zero-order valence-corrected chi connectivity index (χ0v) is 15.8. The van der Waals surface area contributed by atoms with E-state index in [1.807, 2.05) is 24.3 Å². The van der Waals surface area contributed by atoms with Gasteiger partial charge in [0.2, 0.25) is 0 Å². The zero-order chi connectivity index (χ0) is 20.1. The monoisotopic (exact) mass is 376 g/mol. The fourth-order valence-corrected chi connectivity index (χ4v) is 2.29. The standard InChI is InChI=1S/C19H28N4O4/c20-7-1-11-24-15-5-19(17-26-13-3-9-22,18-27-14-4-10-23)6-16-25-12-2-8-21/h1-6,11-18H2. The minimum absolute atomic E-state index is 0.308. The maximum absolute atomic E-state index is 8.67. The summed E-state index contributed by atoms with van der Waals surface area (Å²) in [6, 6.07) is 8.16. The highest BCUT2D eigenvalue weighted by Crippen LogP contribution is 2.29. The molecule has 0 aliphatic rings. The second kappa shape index (κ2) is 18.6. The largest absolute Gasteiger partial charge is 0.380 e. The van der Waals surface area contributed by atoms with E-state index in [1.54, 1.807) is 0 Å². The molecule has 0 bridgehead atoms. The van der Waals surface area contributed by atoms with Gasteiger partial charge in [-0.1, -0.05) is 0 Å². The van der Waals surface area contributed by atoms with Crippen molar-refractivity contribution in [3.8, 4) is 24.3 Å². The van der Waals surface area contributed by atoms with Gasteiger partial charge in [0.15, 0.2) is 0 Å². The van der Waals surface area contributed by atoms with Crippen LogP contribution in [0.15, 0.2) is 0 Å². The van der Waals surface area contributed by atoms with Gasteiger partial charge in [-0.3, -0.25) is 0 Å². The van der Waals surface area contributed by atoms with E-state index in [9.17, 15) is 0 Å². The lowest BCUT2D eigenvalue weighted by Gasteiger charge is -2.33. The van der Waals surface area contributed by atoms with Gasteiger partial charge in [0, 0.05) is 18.6 Å². The summed E-state index contributed by atoms with van der Waals surface area (Å²) in [7, 11) is 0. The second-order valence-electron chi connectivity index (χ2n) is 5.96. The van der Waals surface area contributed by atoms with E-state index in [1.165, 1.54) is 0 Å². The van der Waals surface area contributed by atoms with Crippen molar-refractivity contribution >= 4 is 0 Å². The van der Waals surface area contributed by atoms with Gasteiger partial charge in [-0.2, -0.15) is 21.0 Å². The minimum Gasteiger partial charge on any atom is -0.380 e. The van der Waals surface area contributed by atoms with Gasteiger partial charge in [-0.05, 0) is 12.8 Å². The molecule has 0 radical (unpaired) electrons. The number of hydrogen-bond acceptors (Lipinski definition) is 8. The highest BCUT2D eigenvalue weighted by molar-refractivity contribution is 4.81. The van der Waals surface area contributed by atoms with Gasteiger partial charge in [0.05, 0.1) is 89.6 Å². The van der Waals surface area contributed by atoms with E-state index in [0.717, 1.165) is 0 Å². The Morgan fingerprint density at radius 3 is 1.15 bits per heavy atom. The molecule has 0 heterocycles. The topological polar surface area (TPSA) is 132 Å². The first-order valence-electron chi connectivity index (χ1n) is 9.03. The van der Waals surface area contributed by atoms with Crippen LogP contribution >= 0.6 is 0 Å². The lowest BCUT2D eigenvalue weighted by molar-refractivity contribution is -0.0548. The summed E-state index contributed by atoms with van der Waals surface area (Å²) in [5.74, 6) is 0. The van der Waals surface area contributed by atoms with E-state index in [0.29, 0.717) is 91.4 Å². The second-order valence-corrected chi connectivity index (χ2v) is 5.96. The van der Waals surface area contributed by atoms with Crippen molar-refractivity contribution in [3.05, 3.63) is 0 Å². The average molecular weight is 376 g/mol. The van der Waals surface area contributed by atoms with E-state index in [4.69, 9.17) is 40.0 Å². The normalized spacial score (nSPS) is 10.5. The maximum atomic E-state index is 8.67. The predicted molar refractivity (Wildman–Crippen MR) is 95.9 cm³/mol. The molecule has 0 N–H and O–H groups in total. The van der Waals surface area contributed by atoms with Gasteiger partial charge in [0.1, 0.15) is 0 Å². The van der Waals surface area contributed by atoms with Gasteiger partial charge in [-0.25, -0.2) is 0 Å². The maximum Gasteiger partial charge on any atom is 0.0645 e. The Labute approximate surface area is 161 Å². The summed E-state index contributed by atoms with van der Waals surface area (Å²) in [6.45, 7) is 3.06. The molecule has 0 aromatic heterocycles. The van der Waals surface area contributed by atoms with Crippen LogP contribution < -0.4 is 0 Å². The fraction of sp³-hybridized carbons (Fsp3) is 0.789. The fourth-order valence-electron chi connectivity index (χ4n) is 2.29. The summed E-state index contributed by atoms with van der Waals surface area (Å²) < 4.78 is 22.4. The summed E-state index contributed by atoms with van der Waals surface area (Å²) in [5.41, 5.74) is -0.385. The van der Waals surface area contributed by atoms with Crippen LogP contribution in [-0.2, 0) is 18.9 Å². The minimum atomic E-state index is -0.385. The molecular formula is C19H28N4O4. The molecule has 0 rings (SSSR count). The Kier molecular flexibility index (Phi) is 17.1. The van der Waals surface area contributed by atoms with E-state index in [2.05, 4.69) is 0 Å². The van der Waals surface area contributed by atoms with Crippen LogP contribution in [0.2, 0.25) is 0 Å². The summed E-state index contributed by atoms with van der Waals surface area (Å²) >= 11 is 0. The molecule has 8 heteroatoms. The van der Waals surface area contributed by atoms with Crippen molar-refractivity contribution in [2.24, 2.45) is 5.41 Å². The molecule has 27 heavy (non-hydrogen) atoms. The number of rotatable bonds is 18. The SMILES string of the molecule is N#CCCOCCC(CCOCCC#N)(COCCC#N)COCCC#N.